The number of carbonyl (C=O) groups excluding carboxylic acids is 2. The van der Waals surface area contributed by atoms with Crippen molar-refractivity contribution in [1.29, 1.82) is 0 Å². The van der Waals surface area contributed by atoms with Crippen LogP contribution in [0.4, 0.5) is 11.4 Å². The van der Waals surface area contributed by atoms with Gasteiger partial charge < -0.3 is 24.3 Å². The van der Waals surface area contributed by atoms with E-state index in [9.17, 15) is 19.7 Å². The predicted octanol–water partition coefficient (Wildman–Crippen LogP) is 3.20. The van der Waals surface area contributed by atoms with Crippen LogP contribution in [-0.2, 0) is 9.53 Å². The van der Waals surface area contributed by atoms with Crippen LogP contribution >= 0.6 is 0 Å². The number of rotatable bonds is 10. The third-order valence-electron chi connectivity index (χ3n) is 3.77. The number of esters is 1. The number of nitro benzene ring substituents is 1. The zero-order valence-corrected chi connectivity index (χ0v) is 16.8. The van der Waals surface area contributed by atoms with Gasteiger partial charge in [0.25, 0.3) is 5.91 Å². The van der Waals surface area contributed by atoms with Gasteiger partial charge >= 0.3 is 11.7 Å². The minimum Gasteiger partial charge on any atom is -0.490 e. The van der Waals surface area contributed by atoms with Crippen molar-refractivity contribution >= 4 is 23.3 Å². The van der Waals surface area contributed by atoms with Crippen LogP contribution in [0.1, 0.15) is 24.2 Å². The quantitative estimate of drug-likeness (QED) is 0.354. The van der Waals surface area contributed by atoms with Crippen LogP contribution in [0.3, 0.4) is 0 Å². The molecule has 0 aliphatic carbocycles. The van der Waals surface area contributed by atoms with Crippen LogP contribution in [0.2, 0.25) is 0 Å². The molecule has 0 fully saturated rings. The molecular weight excluding hydrogens is 396 g/mol. The average molecular weight is 418 g/mol. The van der Waals surface area contributed by atoms with E-state index in [1.807, 2.05) is 13.8 Å². The molecule has 30 heavy (non-hydrogen) atoms. The number of anilines is 1. The number of methoxy groups -OCH3 is 1. The van der Waals surface area contributed by atoms with Gasteiger partial charge in [0.15, 0.2) is 23.9 Å². The second-order valence-electron chi connectivity index (χ2n) is 5.80. The van der Waals surface area contributed by atoms with Gasteiger partial charge in [-0.3, -0.25) is 14.9 Å². The lowest BCUT2D eigenvalue weighted by molar-refractivity contribution is -0.385. The van der Waals surface area contributed by atoms with Gasteiger partial charge in [-0.25, -0.2) is 4.79 Å². The molecule has 0 heterocycles. The lowest BCUT2D eigenvalue weighted by Gasteiger charge is -2.13. The van der Waals surface area contributed by atoms with Crippen molar-refractivity contribution in [1.82, 2.24) is 0 Å². The number of nitrogens with zero attached hydrogens (tertiary/aromatic N) is 1. The fourth-order valence-electron chi connectivity index (χ4n) is 2.50. The van der Waals surface area contributed by atoms with Crippen molar-refractivity contribution in [2.75, 3.05) is 32.2 Å². The van der Waals surface area contributed by atoms with Gasteiger partial charge in [0.2, 0.25) is 0 Å². The summed E-state index contributed by atoms with van der Waals surface area (Å²) in [5, 5.41) is 13.6. The molecule has 1 amide bonds. The number of amides is 1. The Bertz CT molecular complexity index is 929. The third-order valence-corrected chi connectivity index (χ3v) is 3.77. The first-order chi connectivity index (χ1) is 14.4. The summed E-state index contributed by atoms with van der Waals surface area (Å²) in [5.74, 6) is -0.435. The summed E-state index contributed by atoms with van der Waals surface area (Å²) in [6, 6.07) is 8.50. The van der Waals surface area contributed by atoms with Gasteiger partial charge in [0, 0.05) is 17.8 Å². The van der Waals surface area contributed by atoms with Crippen molar-refractivity contribution in [3.05, 3.63) is 52.1 Å². The third kappa shape index (κ3) is 5.84. The first-order valence-corrected chi connectivity index (χ1v) is 9.08. The number of nitrogens with one attached hydrogen (secondary N) is 1. The van der Waals surface area contributed by atoms with E-state index in [0.29, 0.717) is 30.4 Å². The lowest BCUT2D eigenvalue weighted by atomic mass is 10.2. The smallest absolute Gasteiger partial charge is 0.338 e. The van der Waals surface area contributed by atoms with E-state index in [2.05, 4.69) is 5.32 Å². The van der Waals surface area contributed by atoms with Gasteiger partial charge in [-0.15, -0.1) is 0 Å². The SMILES string of the molecule is CCOc1ccc(NC(=O)COC(=O)c2ccc(OC)c([N+](=O)[O-])c2)cc1OCC. The molecule has 0 aliphatic rings. The van der Waals surface area contributed by atoms with Crippen molar-refractivity contribution in [3.8, 4) is 17.2 Å². The highest BCUT2D eigenvalue weighted by Crippen LogP contribution is 2.31. The van der Waals surface area contributed by atoms with Crippen LogP contribution in [0.25, 0.3) is 0 Å². The Morgan fingerprint density at radius 2 is 1.67 bits per heavy atom. The van der Waals surface area contributed by atoms with Crippen LogP contribution in [0.15, 0.2) is 36.4 Å². The average Bonchev–Trinajstić information content (AvgIpc) is 2.73. The van der Waals surface area contributed by atoms with Gasteiger partial charge in [0.05, 0.1) is 30.8 Å². The summed E-state index contributed by atoms with van der Waals surface area (Å²) in [4.78, 5) is 34.6. The van der Waals surface area contributed by atoms with Crippen molar-refractivity contribution in [2.45, 2.75) is 13.8 Å². The number of hydrogen-bond donors (Lipinski definition) is 1. The summed E-state index contributed by atoms with van der Waals surface area (Å²) >= 11 is 0. The Hall–Kier alpha value is -3.82. The van der Waals surface area contributed by atoms with Gasteiger partial charge in [0.1, 0.15) is 0 Å². The fraction of sp³-hybridized carbons (Fsp3) is 0.300. The molecule has 0 radical (unpaired) electrons. The Balaban J connectivity index is 2.00. The lowest BCUT2D eigenvalue weighted by Crippen LogP contribution is -2.21. The molecule has 1 N–H and O–H groups in total. The zero-order chi connectivity index (χ0) is 22.1. The number of nitro groups is 1. The first-order valence-electron chi connectivity index (χ1n) is 9.08. The molecule has 0 spiro atoms. The molecule has 10 nitrogen and oxygen atoms in total. The van der Waals surface area contributed by atoms with Crippen LogP contribution in [0.5, 0.6) is 17.2 Å². The molecular formula is C20H22N2O8. The molecule has 0 aliphatic heterocycles. The van der Waals surface area contributed by atoms with Crippen LogP contribution < -0.4 is 19.5 Å². The molecule has 10 heteroatoms. The molecule has 0 bridgehead atoms. The normalized spacial score (nSPS) is 10.1. The Kier molecular flexibility index (Phi) is 7.98. The van der Waals surface area contributed by atoms with Crippen LogP contribution in [-0.4, -0.2) is 43.7 Å². The Labute approximate surface area is 172 Å². The number of benzene rings is 2. The fourth-order valence-corrected chi connectivity index (χ4v) is 2.50. The highest BCUT2D eigenvalue weighted by Gasteiger charge is 2.19. The number of hydrogen-bond acceptors (Lipinski definition) is 8. The second-order valence-corrected chi connectivity index (χ2v) is 5.80. The van der Waals surface area contributed by atoms with E-state index in [-0.39, 0.29) is 17.0 Å². The van der Waals surface area contributed by atoms with E-state index in [0.717, 1.165) is 6.07 Å². The Morgan fingerprint density at radius 1 is 1.00 bits per heavy atom. The summed E-state index contributed by atoms with van der Waals surface area (Å²) in [6.07, 6.45) is 0. The predicted molar refractivity (Wildman–Crippen MR) is 107 cm³/mol. The van der Waals surface area contributed by atoms with E-state index >= 15 is 0 Å². The minimum absolute atomic E-state index is 0.00916. The van der Waals surface area contributed by atoms with Crippen molar-refractivity contribution in [3.63, 3.8) is 0 Å². The van der Waals surface area contributed by atoms with Gasteiger partial charge in [-0.05, 0) is 38.1 Å². The molecule has 160 valence electrons. The maximum atomic E-state index is 12.1. The minimum atomic E-state index is -0.877. The van der Waals surface area contributed by atoms with Crippen molar-refractivity contribution in [2.24, 2.45) is 0 Å². The topological polar surface area (TPSA) is 126 Å². The summed E-state index contributed by atoms with van der Waals surface area (Å²) < 4.78 is 20.8. The van der Waals surface area contributed by atoms with Gasteiger partial charge in [-0.2, -0.15) is 0 Å². The highest BCUT2D eigenvalue weighted by molar-refractivity contribution is 5.96. The van der Waals surface area contributed by atoms with E-state index in [4.69, 9.17) is 18.9 Å². The van der Waals surface area contributed by atoms with Crippen molar-refractivity contribution < 1.29 is 33.5 Å². The Morgan fingerprint density at radius 3 is 2.30 bits per heavy atom. The maximum absolute atomic E-state index is 12.1. The summed E-state index contributed by atoms with van der Waals surface area (Å²) in [6.45, 7) is 3.98. The first kappa shape index (κ1) is 22.5. The second kappa shape index (κ2) is 10.6. The molecule has 2 rings (SSSR count). The maximum Gasteiger partial charge on any atom is 0.338 e. The van der Waals surface area contributed by atoms with Crippen LogP contribution in [0, 0.1) is 10.1 Å². The largest absolute Gasteiger partial charge is 0.490 e. The monoisotopic (exact) mass is 418 g/mol. The van der Waals surface area contributed by atoms with E-state index < -0.39 is 23.4 Å². The van der Waals surface area contributed by atoms with E-state index in [1.165, 1.54) is 19.2 Å². The molecule has 0 aromatic heterocycles. The summed E-state index contributed by atoms with van der Waals surface area (Å²) in [7, 11) is 1.28. The number of ether oxygens (including phenoxy) is 4. The van der Waals surface area contributed by atoms with Gasteiger partial charge in [-0.1, -0.05) is 0 Å². The molecule has 2 aromatic rings. The highest BCUT2D eigenvalue weighted by atomic mass is 16.6. The summed E-state index contributed by atoms with van der Waals surface area (Å²) in [5.41, 5.74) is -0.0210. The molecule has 0 unspecified atom stereocenters. The molecule has 0 atom stereocenters. The molecule has 0 saturated heterocycles. The molecule has 0 saturated carbocycles. The zero-order valence-electron chi connectivity index (χ0n) is 16.8. The standard InChI is InChI=1S/C20H22N2O8/c1-4-28-17-9-7-14(11-18(17)29-5-2)21-19(23)12-30-20(24)13-6-8-16(27-3)15(10-13)22(25)26/h6-11H,4-5,12H2,1-3H3,(H,21,23). The van der Waals surface area contributed by atoms with E-state index in [1.54, 1.807) is 18.2 Å². The molecule has 2 aromatic carbocycles. The number of carbonyl (C=O) groups is 2.